The van der Waals surface area contributed by atoms with E-state index in [2.05, 4.69) is 36.6 Å². The highest BCUT2D eigenvalue weighted by Crippen LogP contribution is 2.21. The summed E-state index contributed by atoms with van der Waals surface area (Å²) in [5, 5.41) is 6.96. The van der Waals surface area contributed by atoms with Crippen molar-refractivity contribution in [1.82, 2.24) is 15.5 Å². The van der Waals surface area contributed by atoms with Crippen molar-refractivity contribution in [3.63, 3.8) is 0 Å². The van der Waals surface area contributed by atoms with Gasteiger partial charge in [-0.1, -0.05) is 22.9 Å². The molecule has 9 nitrogen and oxygen atoms in total. The van der Waals surface area contributed by atoms with E-state index < -0.39 is 29.9 Å². The number of anilines is 1. The molecule has 1 heterocycles. The number of hydrogen-bond acceptors (Lipinski definition) is 5. The van der Waals surface area contributed by atoms with Gasteiger partial charge in [0.25, 0.3) is 5.91 Å². The topological polar surface area (TPSA) is 117 Å². The number of likely N-dealkylation sites (tertiary alicyclic amines) is 1. The number of methoxy groups -OCH3 is 1. The molecule has 0 bridgehead atoms. The van der Waals surface area contributed by atoms with Crippen LogP contribution in [0.4, 0.5) is 19.7 Å². The zero-order valence-electron chi connectivity index (χ0n) is 16.7. The van der Waals surface area contributed by atoms with Crippen LogP contribution in [-0.2, 0) is 14.3 Å². The molecular weight excluding hydrogens is 463 g/mol. The molecular formula is C19H24BrFN4O5. The van der Waals surface area contributed by atoms with E-state index in [4.69, 9.17) is 0 Å². The lowest BCUT2D eigenvalue weighted by Crippen LogP contribution is -2.49. The van der Waals surface area contributed by atoms with Gasteiger partial charge < -0.3 is 20.3 Å². The second kappa shape index (κ2) is 10.9. The number of carbonyl (C=O) groups excluding carboxylic acids is 4. The number of ether oxygens (including phenoxy) is 1. The summed E-state index contributed by atoms with van der Waals surface area (Å²) in [6.45, 7) is 2.44. The summed E-state index contributed by atoms with van der Waals surface area (Å²) in [5.41, 5.74) is -0.0743. The summed E-state index contributed by atoms with van der Waals surface area (Å²) in [4.78, 5) is 49.7. The minimum absolute atomic E-state index is 0.0743. The SMILES string of the molecule is COC(=O)NC[C@@H](C)CC(=O)N1CCC[C@H]1C(=O)NC(=O)Nc1ccc(Br)cc1F. The van der Waals surface area contributed by atoms with E-state index in [1.807, 2.05) is 0 Å². The Morgan fingerprint density at radius 2 is 2.07 bits per heavy atom. The molecule has 164 valence electrons. The number of imide groups is 1. The first kappa shape index (κ1) is 23.6. The van der Waals surface area contributed by atoms with Crippen molar-refractivity contribution < 1.29 is 28.3 Å². The first-order chi connectivity index (χ1) is 14.2. The van der Waals surface area contributed by atoms with Crippen molar-refractivity contribution in [2.24, 2.45) is 5.92 Å². The average molecular weight is 487 g/mol. The number of nitrogens with one attached hydrogen (secondary N) is 3. The Hall–Kier alpha value is -2.69. The predicted molar refractivity (Wildman–Crippen MR) is 110 cm³/mol. The van der Waals surface area contributed by atoms with E-state index in [1.54, 1.807) is 13.0 Å². The number of urea groups is 1. The third-order valence-electron chi connectivity index (χ3n) is 4.60. The second-order valence-electron chi connectivity index (χ2n) is 6.99. The monoisotopic (exact) mass is 486 g/mol. The maximum Gasteiger partial charge on any atom is 0.406 e. The average Bonchev–Trinajstić information content (AvgIpc) is 3.18. The zero-order chi connectivity index (χ0) is 22.3. The number of halogens is 2. The van der Waals surface area contributed by atoms with Gasteiger partial charge in [0.05, 0.1) is 12.8 Å². The molecule has 0 unspecified atom stereocenters. The molecule has 5 amide bonds. The van der Waals surface area contributed by atoms with Crippen molar-refractivity contribution in [3.8, 4) is 0 Å². The Balaban J connectivity index is 1.89. The van der Waals surface area contributed by atoms with Gasteiger partial charge in [-0.3, -0.25) is 14.9 Å². The highest BCUT2D eigenvalue weighted by molar-refractivity contribution is 9.10. The Morgan fingerprint density at radius 3 is 2.73 bits per heavy atom. The maximum atomic E-state index is 13.8. The number of benzene rings is 1. The molecule has 0 spiro atoms. The van der Waals surface area contributed by atoms with Gasteiger partial charge in [-0.25, -0.2) is 14.0 Å². The molecule has 1 aliphatic heterocycles. The third kappa shape index (κ3) is 6.68. The van der Waals surface area contributed by atoms with Crippen LogP contribution in [0.15, 0.2) is 22.7 Å². The smallest absolute Gasteiger partial charge is 0.406 e. The lowest BCUT2D eigenvalue weighted by molar-refractivity contribution is -0.138. The minimum Gasteiger partial charge on any atom is -0.453 e. The number of rotatable bonds is 6. The third-order valence-corrected chi connectivity index (χ3v) is 5.09. The molecule has 1 aromatic rings. The van der Waals surface area contributed by atoms with Crippen LogP contribution in [0.3, 0.4) is 0 Å². The van der Waals surface area contributed by atoms with Crippen LogP contribution in [0.2, 0.25) is 0 Å². The molecule has 1 aliphatic rings. The molecule has 0 saturated carbocycles. The molecule has 0 aliphatic carbocycles. The quantitative estimate of drug-likeness (QED) is 0.571. The van der Waals surface area contributed by atoms with Crippen molar-refractivity contribution in [2.45, 2.75) is 32.2 Å². The van der Waals surface area contributed by atoms with Gasteiger partial charge in [0.2, 0.25) is 5.91 Å². The van der Waals surface area contributed by atoms with Gasteiger partial charge in [0.1, 0.15) is 11.9 Å². The molecule has 0 radical (unpaired) electrons. The molecule has 11 heteroatoms. The molecule has 30 heavy (non-hydrogen) atoms. The molecule has 1 saturated heterocycles. The van der Waals surface area contributed by atoms with E-state index in [0.717, 1.165) is 0 Å². The Labute approximate surface area is 181 Å². The first-order valence-electron chi connectivity index (χ1n) is 9.39. The van der Waals surface area contributed by atoms with Crippen LogP contribution in [0.25, 0.3) is 0 Å². The molecule has 0 aromatic heterocycles. The largest absolute Gasteiger partial charge is 0.453 e. The number of hydrogen-bond donors (Lipinski definition) is 3. The maximum absolute atomic E-state index is 13.8. The van der Waals surface area contributed by atoms with Gasteiger partial charge in [-0.05, 0) is 37.0 Å². The number of carbonyl (C=O) groups is 4. The highest BCUT2D eigenvalue weighted by Gasteiger charge is 2.35. The van der Waals surface area contributed by atoms with Gasteiger partial charge in [-0.2, -0.15) is 0 Å². The number of nitrogens with zero attached hydrogens (tertiary/aromatic N) is 1. The minimum atomic E-state index is -0.879. The van der Waals surface area contributed by atoms with E-state index in [9.17, 15) is 23.6 Å². The predicted octanol–water partition coefficient (Wildman–Crippen LogP) is 2.61. The molecule has 2 rings (SSSR count). The molecule has 3 N–H and O–H groups in total. The van der Waals surface area contributed by atoms with Crippen molar-refractivity contribution in [3.05, 3.63) is 28.5 Å². The Bertz CT molecular complexity index is 822. The molecule has 1 aromatic carbocycles. The number of alkyl carbamates (subject to hydrolysis) is 1. The summed E-state index contributed by atoms with van der Waals surface area (Å²) in [6.07, 6.45) is 0.596. The summed E-state index contributed by atoms with van der Waals surface area (Å²) >= 11 is 3.12. The second-order valence-corrected chi connectivity index (χ2v) is 7.91. The summed E-state index contributed by atoms with van der Waals surface area (Å²) in [5.74, 6) is -1.69. The fourth-order valence-electron chi connectivity index (χ4n) is 3.09. The van der Waals surface area contributed by atoms with E-state index >= 15 is 0 Å². The normalized spacial score (nSPS) is 16.5. The van der Waals surface area contributed by atoms with Crippen LogP contribution in [0.5, 0.6) is 0 Å². The van der Waals surface area contributed by atoms with Crippen molar-refractivity contribution in [1.29, 1.82) is 0 Å². The fourth-order valence-corrected chi connectivity index (χ4v) is 3.43. The van der Waals surface area contributed by atoms with E-state index in [-0.39, 0.29) is 30.5 Å². The van der Waals surface area contributed by atoms with Crippen LogP contribution in [0.1, 0.15) is 26.2 Å². The summed E-state index contributed by atoms with van der Waals surface area (Å²) in [6, 6.07) is 2.44. The van der Waals surface area contributed by atoms with Crippen LogP contribution < -0.4 is 16.0 Å². The van der Waals surface area contributed by atoms with Gasteiger partial charge in [0, 0.05) is 24.0 Å². The summed E-state index contributed by atoms with van der Waals surface area (Å²) in [7, 11) is 1.25. The Morgan fingerprint density at radius 1 is 1.33 bits per heavy atom. The number of amides is 5. The van der Waals surface area contributed by atoms with Crippen molar-refractivity contribution in [2.75, 3.05) is 25.5 Å². The lowest BCUT2D eigenvalue weighted by Gasteiger charge is -2.25. The van der Waals surface area contributed by atoms with Crippen LogP contribution in [-0.4, -0.2) is 55.1 Å². The van der Waals surface area contributed by atoms with Crippen LogP contribution in [0, 0.1) is 11.7 Å². The van der Waals surface area contributed by atoms with Gasteiger partial charge in [0.15, 0.2) is 0 Å². The van der Waals surface area contributed by atoms with Gasteiger partial charge in [-0.15, -0.1) is 0 Å². The van der Waals surface area contributed by atoms with E-state index in [0.29, 0.717) is 23.9 Å². The van der Waals surface area contributed by atoms with E-state index in [1.165, 1.54) is 24.1 Å². The Kier molecular flexibility index (Phi) is 8.58. The first-order valence-corrected chi connectivity index (χ1v) is 10.2. The zero-order valence-corrected chi connectivity index (χ0v) is 18.3. The molecule has 1 fully saturated rings. The summed E-state index contributed by atoms with van der Waals surface area (Å²) < 4.78 is 18.8. The lowest BCUT2D eigenvalue weighted by atomic mass is 10.1. The van der Waals surface area contributed by atoms with Crippen molar-refractivity contribution >= 4 is 45.6 Å². The standard InChI is InChI=1S/C19H24BrFN4O5/c1-11(10-22-19(29)30-2)8-16(26)25-7-3-4-15(25)17(27)24-18(28)23-14-6-5-12(20)9-13(14)21/h5-6,9,11,15H,3-4,7-8,10H2,1-2H3,(H,22,29)(H2,23,24,27,28)/t11-,15-/m0/s1. The fraction of sp³-hybridized carbons (Fsp3) is 0.474. The molecule has 2 atom stereocenters. The highest BCUT2D eigenvalue weighted by atomic mass is 79.9. The van der Waals surface area contributed by atoms with Crippen LogP contribution >= 0.6 is 15.9 Å². The van der Waals surface area contributed by atoms with Gasteiger partial charge >= 0.3 is 12.1 Å².